The molecule has 0 saturated carbocycles. The molecule has 110 valence electrons. The molecule has 0 aliphatic rings. The van der Waals surface area contributed by atoms with Crippen molar-refractivity contribution in [3.8, 4) is 0 Å². The van der Waals surface area contributed by atoms with Crippen molar-refractivity contribution >= 4 is 11.6 Å². The zero-order chi connectivity index (χ0) is 15.3. The van der Waals surface area contributed by atoms with Gasteiger partial charge in [0.2, 0.25) is 5.91 Å². The van der Waals surface area contributed by atoms with Crippen LogP contribution in [0.5, 0.6) is 0 Å². The third-order valence-electron chi connectivity index (χ3n) is 2.88. The number of aryl methyl sites for hydroxylation is 1. The van der Waals surface area contributed by atoms with Crippen LogP contribution >= 0.6 is 0 Å². The lowest BCUT2D eigenvalue weighted by Gasteiger charge is -2.18. The minimum absolute atomic E-state index is 0.0657. The number of aliphatic hydroxyl groups excluding tert-OH is 2. The molecule has 7 nitrogen and oxygen atoms in total. The van der Waals surface area contributed by atoms with E-state index in [1.54, 1.807) is 13.0 Å². The lowest BCUT2D eigenvalue weighted by molar-refractivity contribution is -0.386. The SMILES string of the molecule is CC(=O)NCCC(O)C(O)c1ccc(C)cc1[N+](=O)[O-]. The lowest BCUT2D eigenvalue weighted by Crippen LogP contribution is -2.28. The molecule has 1 amide bonds. The lowest BCUT2D eigenvalue weighted by atomic mass is 9.99. The first kappa shape index (κ1) is 16.1. The van der Waals surface area contributed by atoms with Crippen LogP contribution in [-0.4, -0.2) is 33.7 Å². The summed E-state index contributed by atoms with van der Waals surface area (Å²) in [6, 6.07) is 4.41. The third-order valence-corrected chi connectivity index (χ3v) is 2.88. The Hall–Kier alpha value is -1.99. The summed E-state index contributed by atoms with van der Waals surface area (Å²) < 4.78 is 0. The summed E-state index contributed by atoms with van der Waals surface area (Å²) in [4.78, 5) is 21.1. The average Bonchev–Trinajstić information content (AvgIpc) is 2.37. The first-order chi connectivity index (χ1) is 9.32. The number of benzene rings is 1. The fourth-order valence-electron chi connectivity index (χ4n) is 1.82. The smallest absolute Gasteiger partial charge is 0.275 e. The van der Waals surface area contributed by atoms with Crippen molar-refractivity contribution in [2.24, 2.45) is 0 Å². The first-order valence-corrected chi connectivity index (χ1v) is 6.18. The van der Waals surface area contributed by atoms with E-state index < -0.39 is 17.1 Å². The minimum Gasteiger partial charge on any atom is -0.390 e. The van der Waals surface area contributed by atoms with Gasteiger partial charge in [0.15, 0.2) is 0 Å². The summed E-state index contributed by atoms with van der Waals surface area (Å²) in [5, 5.41) is 33.3. The molecule has 2 atom stereocenters. The maximum Gasteiger partial charge on any atom is 0.275 e. The van der Waals surface area contributed by atoms with Crippen molar-refractivity contribution < 1.29 is 19.9 Å². The number of nitro groups is 1. The number of carbonyl (C=O) groups excluding carboxylic acids is 1. The molecule has 1 aromatic carbocycles. The van der Waals surface area contributed by atoms with E-state index in [0.717, 1.165) is 0 Å². The molecule has 0 aliphatic heterocycles. The van der Waals surface area contributed by atoms with E-state index in [1.165, 1.54) is 19.1 Å². The zero-order valence-corrected chi connectivity index (χ0v) is 11.4. The van der Waals surface area contributed by atoms with E-state index in [1.807, 2.05) is 0 Å². The average molecular weight is 282 g/mol. The fraction of sp³-hybridized carbons (Fsp3) is 0.462. The van der Waals surface area contributed by atoms with Gasteiger partial charge in [-0.3, -0.25) is 14.9 Å². The molecule has 1 rings (SSSR count). The van der Waals surface area contributed by atoms with Gasteiger partial charge in [-0.1, -0.05) is 6.07 Å². The predicted molar refractivity (Wildman–Crippen MR) is 72.1 cm³/mol. The normalized spacial score (nSPS) is 13.6. The number of nitro benzene ring substituents is 1. The number of rotatable bonds is 6. The van der Waals surface area contributed by atoms with Crippen LogP contribution in [0.4, 0.5) is 5.69 Å². The largest absolute Gasteiger partial charge is 0.390 e. The third kappa shape index (κ3) is 4.29. The topological polar surface area (TPSA) is 113 Å². The molecule has 0 heterocycles. The highest BCUT2D eigenvalue weighted by Gasteiger charge is 2.26. The van der Waals surface area contributed by atoms with Gasteiger partial charge in [0.25, 0.3) is 5.69 Å². The van der Waals surface area contributed by atoms with Crippen LogP contribution in [0, 0.1) is 17.0 Å². The molecule has 0 aromatic heterocycles. The summed E-state index contributed by atoms with van der Waals surface area (Å²) in [7, 11) is 0. The van der Waals surface area contributed by atoms with Crippen molar-refractivity contribution in [2.75, 3.05) is 6.54 Å². The molecule has 0 spiro atoms. The summed E-state index contributed by atoms with van der Waals surface area (Å²) in [6.07, 6.45) is -2.46. The van der Waals surface area contributed by atoms with Crippen LogP contribution in [0.1, 0.15) is 30.6 Å². The van der Waals surface area contributed by atoms with Gasteiger partial charge in [-0.05, 0) is 25.0 Å². The Balaban J connectivity index is 2.83. The fourth-order valence-corrected chi connectivity index (χ4v) is 1.82. The number of nitrogens with zero attached hydrogens (tertiary/aromatic N) is 1. The second kappa shape index (κ2) is 6.97. The zero-order valence-electron chi connectivity index (χ0n) is 11.4. The highest BCUT2D eigenvalue weighted by molar-refractivity contribution is 5.72. The van der Waals surface area contributed by atoms with Gasteiger partial charge < -0.3 is 15.5 Å². The molecular weight excluding hydrogens is 264 g/mol. The molecule has 3 N–H and O–H groups in total. The molecule has 0 radical (unpaired) electrons. The highest BCUT2D eigenvalue weighted by Crippen LogP contribution is 2.29. The molecule has 0 fully saturated rings. The van der Waals surface area contributed by atoms with E-state index in [9.17, 15) is 25.1 Å². The Labute approximate surface area is 116 Å². The number of carbonyl (C=O) groups is 1. The number of amides is 1. The van der Waals surface area contributed by atoms with Crippen molar-refractivity contribution in [1.82, 2.24) is 5.32 Å². The van der Waals surface area contributed by atoms with E-state index in [2.05, 4.69) is 5.32 Å². The summed E-state index contributed by atoms with van der Waals surface area (Å²) >= 11 is 0. The number of hydrogen-bond donors (Lipinski definition) is 3. The van der Waals surface area contributed by atoms with E-state index in [4.69, 9.17) is 0 Å². The van der Waals surface area contributed by atoms with Gasteiger partial charge in [-0.15, -0.1) is 0 Å². The highest BCUT2D eigenvalue weighted by atomic mass is 16.6. The summed E-state index contributed by atoms with van der Waals surface area (Å²) in [5.41, 5.74) is 0.535. The second-order valence-corrected chi connectivity index (χ2v) is 4.60. The predicted octanol–water partition coefficient (Wildman–Crippen LogP) is 0.824. The van der Waals surface area contributed by atoms with Crippen molar-refractivity contribution in [3.05, 3.63) is 39.4 Å². The summed E-state index contributed by atoms with van der Waals surface area (Å²) in [5.74, 6) is -0.243. The quantitative estimate of drug-likeness (QED) is 0.528. The van der Waals surface area contributed by atoms with Gasteiger partial charge in [0.05, 0.1) is 16.6 Å². The molecular formula is C13H18N2O5. The van der Waals surface area contributed by atoms with Crippen LogP contribution in [0.3, 0.4) is 0 Å². The minimum atomic E-state index is -1.37. The molecule has 20 heavy (non-hydrogen) atoms. The maximum atomic E-state index is 11.0. The van der Waals surface area contributed by atoms with Crippen molar-refractivity contribution in [2.45, 2.75) is 32.5 Å². The Bertz CT molecular complexity index is 504. The second-order valence-electron chi connectivity index (χ2n) is 4.60. The Morgan fingerprint density at radius 1 is 1.45 bits per heavy atom. The Morgan fingerprint density at radius 2 is 2.10 bits per heavy atom. The van der Waals surface area contributed by atoms with Crippen LogP contribution in [0.2, 0.25) is 0 Å². The molecule has 1 aromatic rings. The van der Waals surface area contributed by atoms with Crippen LogP contribution in [0.15, 0.2) is 18.2 Å². The van der Waals surface area contributed by atoms with Crippen LogP contribution in [0.25, 0.3) is 0 Å². The Morgan fingerprint density at radius 3 is 2.65 bits per heavy atom. The first-order valence-electron chi connectivity index (χ1n) is 6.18. The maximum absolute atomic E-state index is 11.0. The number of hydrogen-bond acceptors (Lipinski definition) is 5. The van der Waals surface area contributed by atoms with Gasteiger partial charge in [0.1, 0.15) is 6.10 Å². The van der Waals surface area contributed by atoms with Gasteiger partial charge in [-0.25, -0.2) is 0 Å². The molecule has 7 heteroatoms. The Kier molecular flexibility index (Phi) is 5.60. The monoisotopic (exact) mass is 282 g/mol. The van der Waals surface area contributed by atoms with Crippen LogP contribution < -0.4 is 5.32 Å². The standard InChI is InChI=1S/C13H18N2O5/c1-8-3-4-10(11(7-8)15(19)20)13(18)12(17)5-6-14-9(2)16/h3-4,7,12-13,17-18H,5-6H2,1-2H3,(H,14,16). The van der Waals surface area contributed by atoms with Crippen LogP contribution in [-0.2, 0) is 4.79 Å². The van der Waals surface area contributed by atoms with E-state index >= 15 is 0 Å². The van der Waals surface area contributed by atoms with Gasteiger partial charge in [-0.2, -0.15) is 0 Å². The summed E-state index contributed by atoms with van der Waals surface area (Å²) in [6.45, 7) is 3.23. The van der Waals surface area contributed by atoms with Crippen molar-refractivity contribution in [1.29, 1.82) is 0 Å². The van der Waals surface area contributed by atoms with Gasteiger partial charge in [0, 0.05) is 19.5 Å². The molecule has 0 bridgehead atoms. The number of nitrogens with one attached hydrogen (secondary N) is 1. The molecule has 0 aliphatic carbocycles. The van der Waals surface area contributed by atoms with Crippen molar-refractivity contribution in [3.63, 3.8) is 0 Å². The van der Waals surface area contributed by atoms with E-state index in [0.29, 0.717) is 5.56 Å². The van der Waals surface area contributed by atoms with Gasteiger partial charge >= 0.3 is 0 Å². The number of aliphatic hydroxyl groups is 2. The molecule has 2 unspecified atom stereocenters. The van der Waals surface area contributed by atoms with E-state index in [-0.39, 0.29) is 30.1 Å². The molecule has 0 saturated heterocycles.